The first-order valence-electron chi connectivity index (χ1n) is 6.39. The Morgan fingerprint density at radius 3 is 2.95 bits per heavy atom. The maximum atomic E-state index is 11.3. The zero-order chi connectivity index (χ0) is 14.5. The first-order chi connectivity index (χ1) is 9.60. The summed E-state index contributed by atoms with van der Waals surface area (Å²) in [7, 11) is 1.36. The lowest BCUT2D eigenvalue weighted by Crippen LogP contribution is -2.08. The van der Waals surface area contributed by atoms with Gasteiger partial charge in [-0.25, -0.2) is 9.78 Å². The van der Waals surface area contributed by atoms with E-state index >= 15 is 0 Å². The van der Waals surface area contributed by atoms with Crippen molar-refractivity contribution in [3.8, 4) is 0 Å². The Balaban J connectivity index is 1.77. The smallest absolute Gasteiger partial charge is 0.349 e. The van der Waals surface area contributed by atoms with Crippen molar-refractivity contribution in [3.63, 3.8) is 0 Å². The molecule has 0 amide bonds. The Bertz CT molecular complexity index is 591. The summed E-state index contributed by atoms with van der Waals surface area (Å²) in [6.45, 7) is 5.69. The van der Waals surface area contributed by atoms with Crippen LogP contribution in [0.4, 0.5) is 5.13 Å². The molecule has 7 heteroatoms. The highest BCUT2D eigenvalue weighted by Crippen LogP contribution is 2.18. The zero-order valence-electron chi connectivity index (χ0n) is 11.8. The van der Waals surface area contributed by atoms with Crippen LogP contribution in [0.15, 0.2) is 12.3 Å². The van der Waals surface area contributed by atoms with Gasteiger partial charge in [0.15, 0.2) is 5.13 Å². The second-order valence-electron chi connectivity index (χ2n) is 4.45. The maximum Gasteiger partial charge on any atom is 0.349 e. The summed E-state index contributed by atoms with van der Waals surface area (Å²) in [5, 5.41) is 8.34. The van der Waals surface area contributed by atoms with Crippen molar-refractivity contribution in [2.45, 2.75) is 26.8 Å². The van der Waals surface area contributed by atoms with Crippen molar-refractivity contribution in [2.75, 3.05) is 19.0 Å². The number of rotatable bonds is 6. The zero-order valence-corrected chi connectivity index (χ0v) is 12.7. The van der Waals surface area contributed by atoms with Gasteiger partial charge in [0, 0.05) is 18.8 Å². The highest BCUT2D eigenvalue weighted by Gasteiger charge is 2.09. The minimum atomic E-state index is -0.349. The van der Waals surface area contributed by atoms with E-state index in [0.29, 0.717) is 4.88 Å². The Morgan fingerprint density at radius 2 is 2.30 bits per heavy atom. The number of nitrogens with zero attached hydrogens (tertiary/aromatic N) is 3. The molecule has 0 spiro atoms. The molecule has 20 heavy (non-hydrogen) atoms. The third-order valence-corrected chi connectivity index (χ3v) is 3.75. The van der Waals surface area contributed by atoms with Crippen LogP contribution in [-0.4, -0.2) is 34.4 Å². The number of hydrogen-bond acceptors (Lipinski definition) is 6. The molecule has 0 bridgehead atoms. The molecule has 6 nitrogen and oxygen atoms in total. The van der Waals surface area contributed by atoms with E-state index in [-0.39, 0.29) is 5.97 Å². The normalized spacial score (nSPS) is 10.6. The number of methoxy groups -OCH3 is 1. The molecule has 0 aromatic carbocycles. The van der Waals surface area contributed by atoms with Crippen LogP contribution in [-0.2, 0) is 11.3 Å². The molecule has 2 heterocycles. The first kappa shape index (κ1) is 14.5. The Kier molecular flexibility index (Phi) is 4.73. The van der Waals surface area contributed by atoms with Gasteiger partial charge in [-0.2, -0.15) is 5.10 Å². The van der Waals surface area contributed by atoms with Gasteiger partial charge in [0.2, 0.25) is 0 Å². The van der Waals surface area contributed by atoms with Crippen LogP contribution in [0, 0.1) is 13.8 Å². The number of nitrogens with one attached hydrogen (secondary N) is 1. The van der Waals surface area contributed by atoms with E-state index in [9.17, 15) is 4.79 Å². The molecule has 0 aliphatic heterocycles. The summed E-state index contributed by atoms with van der Waals surface area (Å²) in [4.78, 5) is 15.9. The van der Waals surface area contributed by atoms with Crippen LogP contribution in [0.3, 0.4) is 0 Å². The summed E-state index contributed by atoms with van der Waals surface area (Å²) in [5.74, 6) is -0.349. The number of anilines is 1. The highest BCUT2D eigenvalue weighted by atomic mass is 32.1. The van der Waals surface area contributed by atoms with Crippen molar-refractivity contribution < 1.29 is 9.53 Å². The summed E-state index contributed by atoms with van der Waals surface area (Å²) in [5.41, 5.74) is 2.21. The van der Waals surface area contributed by atoms with Crippen LogP contribution in [0.1, 0.15) is 27.5 Å². The van der Waals surface area contributed by atoms with Gasteiger partial charge in [0.1, 0.15) is 4.88 Å². The molecule has 0 unspecified atom stereocenters. The number of carbonyl (C=O) groups is 1. The fraction of sp³-hybridized carbons (Fsp3) is 0.462. The Hall–Kier alpha value is -1.89. The minimum Gasteiger partial charge on any atom is -0.465 e. The highest BCUT2D eigenvalue weighted by molar-refractivity contribution is 7.17. The third-order valence-electron chi connectivity index (χ3n) is 2.82. The van der Waals surface area contributed by atoms with Gasteiger partial charge in [0.25, 0.3) is 0 Å². The number of carbonyl (C=O) groups excluding carboxylic acids is 1. The summed E-state index contributed by atoms with van der Waals surface area (Å²) in [6.07, 6.45) is 2.47. The van der Waals surface area contributed by atoms with Gasteiger partial charge in [-0.05, 0) is 26.3 Å². The maximum absolute atomic E-state index is 11.3. The number of thiazole rings is 1. The van der Waals surface area contributed by atoms with E-state index in [0.717, 1.165) is 30.3 Å². The van der Waals surface area contributed by atoms with E-state index in [4.69, 9.17) is 0 Å². The number of aromatic nitrogens is 3. The molecular weight excluding hydrogens is 276 g/mol. The molecule has 0 radical (unpaired) electrons. The molecular formula is C13H18N4O2S. The van der Waals surface area contributed by atoms with Gasteiger partial charge in [-0.15, -0.1) is 0 Å². The van der Waals surface area contributed by atoms with Crippen LogP contribution in [0.25, 0.3) is 0 Å². The molecule has 2 rings (SSSR count). The Morgan fingerprint density at radius 1 is 1.50 bits per heavy atom. The lowest BCUT2D eigenvalue weighted by atomic mass is 10.4. The second kappa shape index (κ2) is 6.51. The summed E-state index contributed by atoms with van der Waals surface area (Å²) in [6, 6.07) is 2.07. The van der Waals surface area contributed by atoms with Crippen molar-refractivity contribution in [1.82, 2.24) is 14.8 Å². The second-order valence-corrected chi connectivity index (χ2v) is 5.48. The van der Waals surface area contributed by atoms with Crippen molar-refractivity contribution in [1.29, 1.82) is 0 Å². The van der Waals surface area contributed by atoms with Crippen LogP contribution in [0.5, 0.6) is 0 Å². The average molecular weight is 294 g/mol. The lowest BCUT2D eigenvalue weighted by Gasteiger charge is -2.05. The molecule has 2 aromatic heterocycles. The third kappa shape index (κ3) is 3.57. The number of ether oxygens (including phenoxy) is 1. The molecule has 2 aromatic rings. The number of esters is 1. The van der Waals surface area contributed by atoms with Crippen molar-refractivity contribution >= 4 is 22.4 Å². The lowest BCUT2D eigenvalue weighted by molar-refractivity contribution is 0.0606. The monoisotopic (exact) mass is 294 g/mol. The molecule has 0 atom stereocenters. The van der Waals surface area contributed by atoms with E-state index in [1.165, 1.54) is 30.3 Å². The average Bonchev–Trinajstić information content (AvgIpc) is 3.01. The molecule has 0 saturated carbocycles. The van der Waals surface area contributed by atoms with Gasteiger partial charge in [0.05, 0.1) is 19.0 Å². The number of hydrogen-bond donors (Lipinski definition) is 1. The van der Waals surface area contributed by atoms with Crippen LogP contribution >= 0.6 is 11.3 Å². The summed E-state index contributed by atoms with van der Waals surface area (Å²) < 4.78 is 6.64. The fourth-order valence-corrected chi connectivity index (χ4v) is 2.64. The molecule has 1 N–H and O–H groups in total. The minimum absolute atomic E-state index is 0.349. The van der Waals surface area contributed by atoms with Crippen LogP contribution in [0.2, 0.25) is 0 Å². The fourth-order valence-electron chi connectivity index (χ4n) is 1.88. The van der Waals surface area contributed by atoms with Gasteiger partial charge < -0.3 is 10.1 Å². The van der Waals surface area contributed by atoms with Gasteiger partial charge in [-0.3, -0.25) is 4.68 Å². The van der Waals surface area contributed by atoms with E-state index in [1.807, 2.05) is 11.6 Å². The summed E-state index contributed by atoms with van der Waals surface area (Å²) >= 11 is 1.30. The predicted molar refractivity (Wildman–Crippen MR) is 78.3 cm³/mol. The molecule has 0 aliphatic rings. The SMILES string of the molecule is COC(=O)c1cnc(NCCCn2nc(C)cc2C)s1. The van der Waals surface area contributed by atoms with Crippen LogP contribution < -0.4 is 5.32 Å². The Labute approximate surface area is 121 Å². The van der Waals surface area contributed by atoms with E-state index < -0.39 is 0 Å². The van der Waals surface area contributed by atoms with Crippen molar-refractivity contribution in [3.05, 3.63) is 28.5 Å². The molecule has 108 valence electrons. The molecule has 0 saturated heterocycles. The largest absolute Gasteiger partial charge is 0.465 e. The quantitative estimate of drug-likeness (QED) is 0.653. The van der Waals surface area contributed by atoms with Gasteiger partial charge in [-0.1, -0.05) is 11.3 Å². The standard InChI is InChI=1S/C13H18N4O2S/c1-9-7-10(2)17(16-9)6-4-5-14-13-15-8-11(20-13)12(18)19-3/h7-8H,4-6H2,1-3H3,(H,14,15). The molecule has 0 fully saturated rings. The van der Waals surface area contributed by atoms with Gasteiger partial charge >= 0.3 is 5.97 Å². The van der Waals surface area contributed by atoms with E-state index in [1.54, 1.807) is 0 Å². The first-order valence-corrected chi connectivity index (χ1v) is 7.21. The topological polar surface area (TPSA) is 69.0 Å². The number of aryl methyl sites for hydroxylation is 3. The van der Waals surface area contributed by atoms with E-state index in [2.05, 4.69) is 33.1 Å². The predicted octanol–water partition coefficient (Wildman–Crippen LogP) is 2.25. The molecule has 0 aliphatic carbocycles. The van der Waals surface area contributed by atoms with Crippen molar-refractivity contribution in [2.24, 2.45) is 0 Å².